The second kappa shape index (κ2) is 8.61. The fourth-order valence-electron chi connectivity index (χ4n) is 3.14. The minimum atomic E-state index is -0.650. The lowest BCUT2D eigenvalue weighted by Gasteiger charge is -2.34. The third-order valence-electron chi connectivity index (χ3n) is 4.40. The van der Waals surface area contributed by atoms with Gasteiger partial charge in [0.1, 0.15) is 12.1 Å². The minimum absolute atomic E-state index is 0.0841. The van der Waals surface area contributed by atoms with Crippen molar-refractivity contribution >= 4 is 17.5 Å². The molecular weight excluding hydrogens is 334 g/mol. The van der Waals surface area contributed by atoms with E-state index >= 15 is 0 Å². The fraction of sp³-hybridized carbons (Fsp3) is 0.529. The van der Waals surface area contributed by atoms with Gasteiger partial charge < -0.3 is 21.0 Å². The zero-order valence-electron chi connectivity index (χ0n) is 15.4. The molecule has 1 aromatic rings. The van der Waals surface area contributed by atoms with E-state index in [0.29, 0.717) is 18.8 Å². The van der Waals surface area contributed by atoms with Gasteiger partial charge in [-0.3, -0.25) is 9.59 Å². The molecule has 5 N–H and O–H groups in total. The summed E-state index contributed by atoms with van der Waals surface area (Å²) < 4.78 is 0. The number of nitrogens with two attached hydrogens (primary N) is 2. The van der Waals surface area contributed by atoms with Gasteiger partial charge in [0.05, 0.1) is 5.70 Å². The Kier molecular flexibility index (Phi) is 6.51. The van der Waals surface area contributed by atoms with Crippen molar-refractivity contribution in [3.05, 3.63) is 30.5 Å². The van der Waals surface area contributed by atoms with Gasteiger partial charge in [0.15, 0.2) is 5.82 Å². The topological polar surface area (TPSA) is 130 Å². The fourth-order valence-corrected chi connectivity index (χ4v) is 3.14. The molecule has 9 nitrogen and oxygen atoms in total. The van der Waals surface area contributed by atoms with Crippen LogP contribution in [0, 0.1) is 5.92 Å². The number of carbonyl (C=O) groups is 2. The van der Waals surface area contributed by atoms with Crippen LogP contribution in [0.25, 0.3) is 5.70 Å². The molecule has 26 heavy (non-hydrogen) atoms. The average Bonchev–Trinajstić information content (AvgIpc) is 3.11. The molecule has 0 aliphatic carbocycles. The van der Waals surface area contributed by atoms with E-state index < -0.39 is 12.1 Å². The Hall–Kier alpha value is -2.68. The van der Waals surface area contributed by atoms with E-state index in [2.05, 4.69) is 15.3 Å². The van der Waals surface area contributed by atoms with Crippen molar-refractivity contribution < 1.29 is 9.59 Å². The molecule has 2 heterocycles. The Balaban J connectivity index is 2.22. The van der Waals surface area contributed by atoms with Crippen LogP contribution in [0.3, 0.4) is 0 Å². The molecule has 1 aliphatic rings. The van der Waals surface area contributed by atoms with E-state index in [1.165, 1.54) is 11.2 Å². The van der Waals surface area contributed by atoms with Crippen LogP contribution in [-0.4, -0.2) is 57.4 Å². The number of likely N-dealkylation sites (tertiary alicyclic amines) is 1. The van der Waals surface area contributed by atoms with Crippen LogP contribution in [0.4, 0.5) is 0 Å². The van der Waals surface area contributed by atoms with Gasteiger partial charge in [0, 0.05) is 32.2 Å². The van der Waals surface area contributed by atoms with Crippen molar-refractivity contribution in [1.82, 2.24) is 25.2 Å². The Morgan fingerprint density at radius 3 is 2.62 bits per heavy atom. The average molecular weight is 361 g/mol. The predicted octanol–water partition coefficient (Wildman–Crippen LogP) is -0.329. The van der Waals surface area contributed by atoms with Crippen LogP contribution in [0.5, 0.6) is 0 Å². The van der Waals surface area contributed by atoms with E-state index in [4.69, 9.17) is 11.6 Å². The van der Waals surface area contributed by atoms with Crippen molar-refractivity contribution in [2.24, 2.45) is 17.5 Å². The number of carbonyl (C=O) groups excluding carboxylic acids is 2. The lowest BCUT2D eigenvalue weighted by molar-refractivity contribution is -0.143. The summed E-state index contributed by atoms with van der Waals surface area (Å²) in [5.41, 5.74) is 6.27. The molecule has 0 saturated carbocycles. The van der Waals surface area contributed by atoms with Gasteiger partial charge in [0.2, 0.25) is 11.8 Å². The highest BCUT2D eigenvalue weighted by Gasteiger charge is 2.39. The van der Waals surface area contributed by atoms with Gasteiger partial charge in [0.25, 0.3) is 0 Å². The summed E-state index contributed by atoms with van der Waals surface area (Å²) >= 11 is 0. The van der Waals surface area contributed by atoms with E-state index in [-0.39, 0.29) is 23.4 Å². The summed E-state index contributed by atoms with van der Waals surface area (Å²) in [6.45, 7) is 4.34. The molecule has 1 aromatic heterocycles. The lowest BCUT2D eigenvalue weighted by atomic mass is 10.0. The highest BCUT2D eigenvalue weighted by molar-refractivity contribution is 5.90. The summed E-state index contributed by atoms with van der Waals surface area (Å²) in [4.78, 5) is 34.9. The maximum Gasteiger partial charge on any atom is 0.247 e. The summed E-state index contributed by atoms with van der Waals surface area (Å²) in [5.74, 6) is 6.06. The number of nitrogens with zero attached hydrogens (tertiary/aromatic N) is 4. The number of hydrogen-bond acceptors (Lipinski definition) is 7. The third kappa shape index (κ3) is 4.29. The molecule has 2 atom stereocenters. The first-order chi connectivity index (χ1) is 12.4. The second-order valence-electron chi connectivity index (χ2n) is 6.60. The van der Waals surface area contributed by atoms with Crippen molar-refractivity contribution in [2.45, 2.75) is 38.8 Å². The number of rotatable bonds is 6. The molecule has 0 radical (unpaired) electrons. The smallest absolute Gasteiger partial charge is 0.247 e. The largest absolute Gasteiger partial charge is 0.394 e. The van der Waals surface area contributed by atoms with Crippen LogP contribution < -0.4 is 16.9 Å². The van der Waals surface area contributed by atoms with E-state index in [9.17, 15) is 9.59 Å². The van der Waals surface area contributed by atoms with Crippen molar-refractivity contribution in [3.63, 3.8) is 0 Å². The van der Waals surface area contributed by atoms with Gasteiger partial charge in [-0.1, -0.05) is 13.8 Å². The molecule has 0 spiro atoms. The first-order valence-electron chi connectivity index (χ1n) is 8.66. The van der Waals surface area contributed by atoms with Gasteiger partial charge >= 0.3 is 0 Å². The number of aromatic nitrogens is 2. The third-order valence-corrected chi connectivity index (χ3v) is 4.40. The quantitative estimate of drug-likeness (QED) is 0.467. The summed E-state index contributed by atoms with van der Waals surface area (Å²) in [5, 5.41) is 3.91. The zero-order chi connectivity index (χ0) is 19.3. The zero-order valence-corrected chi connectivity index (χ0v) is 15.4. The van der Waals surface area contributed by atoms with Crippen LogP contribution >= 0.6 is 0 Å². The van der Waals surface area contributed by atoms with Crippen molar-refractivity contribution in [1.29, 1.82) is 0 Å². The van der Waals surface area contributed by atoms with Gasteiger partial charge in [-0.15, -0.1) is 0 Å². The molecule has 2 amide bonds. The normalized spacial score (nSPS) is 18.7. The van der Waals surface area contributed by atoms with E-state index in [1.807, 2.05) is 13.8 Å². The summed E-state index contributed by atoms with van der Waals surface area (Å²) in [6, 6.07) is 0.576. The molecule has 1 fully saturated rings. The molecule has 9 heteroatoms. The van der Waals surface area contributed by atoms with Gasteiger partial charge in [-0.25, -0.2) is 15.8 Å². The monoisotopic (exact) mass is 361 g/mol. The van der Waals surface area contributed by atoms with Gasteiger partial charge in [-0.05, 0) is 24.8 Å². The van der Waals surface area contributed by atoms with Crippen LogP contribution in [0.2, 0.25) is 0 Å². The summed E-state index contributed by atoms with van der Waals surface area (Å²) in [7, 11) is 1.57. The number of amides is 2. The molecule has 142 valence electrons. The van der Waals surface area contributed by atoms with E-state index in [0.717, 1.165) is 6.42 Å². The Labute approximate surface area is 153 Å². The Morgan fingerprint density at radius 1 is 1.38 bits per heavy atom. The first-order valence-corrected chi connectivity index (χ1v) is 8.66. The van der Waals surface area contributed by atoms with Gasteiger partial charge in [-0.2, -0.15) is 0 Å². The maximum absolute atomic E-state index is 13.1. The molecule has 2 rings (SSSR count). The predicted molar refractivity (Wildman–Crippen MR) is 97.7 cm³/mol. The molecule has 0 aromatic carbocycles. The number of hydrazine groups is 1. The SMILES string of the molecule is CNC(=O)C1CCCN1C(=O)C(C(C)C)N(N)/C=C(\N)c1ncccn1. The Morgan fingerprint density at radius 2 is 2.04 bits per heavy atom. The lowest BCUT2D eigenvalue weighted by Crippen LogP contribution is -2.55. The van der Waals surface area contributed by atoms with Crippen LogP contribution in [0.15, 0.2) is 24.7 Å². The number of likely N-dealkylation sites (N-methyl/N-ethyl adjacent to an activating group) is 1. The Bertz CT molecular complexity index is 662. The van der Waals surface area contributed by atoms with Crippen molar-refractivity contribution in [2.75, 3.05) is 13.6 Å². The van der Waals surface area contributed by atoms with E-state index in [1.54, 1.807) is 30.4 Å². The standard InChI is InChI=1S/C17H27N7O2/c1-11(2)14(17(26)23-9-4-6-13(23)16(25)20-3)24(19)10-12(18)15-21-7-5-8-22-15/h5,7-8,10-11,13-14H,4,6,9,18-19H2,1-3H3,(H,20,25)/b12-10-. The maximum atomic E-state index is 13.1. The van der Waals surface area contributed by atoms with Crippen molar-refractivity contribution in [3.8, 4) is 0 Å². The molecular formula is C17H27N7O2. The minimum Gasteiger partial charge on any atom is -0.394 e. The van der Waals surface area contributed by atoms with Crippen LogP contribution in [0.1, 0.15) is 32.5 Å². The number of hydrogen-bond donors (Lipinski definition) is 3. The molecule has 1 aliphatic heterocycles. The number of nitrogens with one attached hydrogen (secondary N) is 1. The molecule has 0 bridgehead atoms. The highest BCUT2D eigenvalue weighted by Crippen LogP contribution is 2.22. The molecule has 2 unspecified atom stereocenters. The first kappa shape index (κ1) is 19.6. The highest BCUT2D eigenvalue weighted by atomic mass is 16.2. The molecule has 1 saturated heterocycles. The second-order valence-corrected chi connectivity index (χ2v) is 6.60. The van der Waals surface area contributed by atoms with Crippen LogP contribution in [-0.2, 0) is 9.59 Å². The summed E-state index contributed by atoms with van der Waals surface area (Å²) in [6.07, 6.45) is 6.05.